The van der Waals surface area contributed by atoms with Crippen LogP contribution in [0.1, 0.15) is 18.4 Å². The Labute approximate surface area is 107 Å². The second kappa shape index (κ2) is 5.82. The largest absolute Gasteiger partial charge is 0.385 e. The van der Waals surface area contributed by atoms with Crippen LogP contribution in [0.4, 0.5) is 11.4 Å². The molecule has 1 unspecified atom stereocenters. The highest BCUT2D eigenvalue weighted by atomic mass is 16.6. The molecule has 0 bridgehead atoms. The summed E-state index contributed by atoms with van der Waals surface area (Å²) in [7, 11) is 0. The van der Waals surface area contributed by atoms with Crippen LogP contribution in [0.2, 0.25) is 0 Å². The van der Waals surface area contributed by atoms with Crippen molar-refractivity contribution in [2.75, 3.05) is 25.0 Å². The van der Waals surface area contributed by atoms with Crippen molar-refractivity contribution in [3.63, 3.8) is 0 Å². The van der Waals surface area contributed by atoms with E-state index in [1.807, 2.05) is 13.0 Å². The molecule has 98 valence electrons. The standard InChI is InChI=1S/C13H19N3O2/c1-10-5-12(7-13(6-10)16(17)18)15-9-11-3-2-4-14-8-11/h5-7,11,14-15H,2-4,8-9H2,1H3. The first-order valence-corrected chi connectivity index (χ1v) is 6.36. The van der Waals surface area contributed by atoms with E-state index in [1.54, 1.807) is 12.1 Å². The van der Waals surface area contributed by atoms with Crippen molar-refractivity contribution in [3.05, 3.63) is 33.9 Å². The first kappa shape index (κ1) is 12.8. The van der Waals surface area contributed by atoms with Crippen molar-refractivity contribution in [1.82, 2.24) is 5.32 Å². The fraction of sp³-hybridized carbons (Fsp3) is 0.538. The van der Waals surface area contributed by atoms with Gasteiger partial charge in [0.25, 0.3) is 5.69 Å². The Kier molecular flexibility index (Phi) is 4.15. The van der Waals surface area contributed by atoms with Crippen molar-refractivity contribution in [1.29, 1.82) is 0 Å². The van der Waals surface area contributed by atoms with E-state index >= 15 is 0 Å². The summed E-state index contributed by atoms with van der Waals surface area (Å²) < 4.78 is 0. The fourth-order valence-electron chi connectivity index (χ4n) is 2.33. The van der Waals surface area contributed by atoms with Gasteiger partial charge in [0.2, 0.25) is 0 Å². The average molecular weight is 249 g/mol. The number of rotatable bonds is 4. The molecule has 1 atom stereocenters. The van der Waals surface area contributed by atoms with Gasteiger partial charge in [-0.05, 0) is 50.4 Å². The lowest BCUT2D eigenvalue weighted by atomic mass is 9.99. The Morgan fingerprint density at radius 2 is 2.33 bits per heavy atom. The first-order valence-electron chi connectivity index (χ1n) is 6.36. The summed E-state index contributed by atoms with van der Waals surface area (Å²) in [6.07, 6.45) is 2.42. The smallest absolute Gasteiger partial charge is 0.271 e. The highest BCUT2D eigenvalue weighted by Gasteiger charge is 2.13. The maximum Gasteiger partial charge on any atom is 0.271 e. The SMILES string of the molecule is Cc1cc(NCC2CCCNC2)cc([N+](=O)[O-])c1. The van der Waals surface area contributed by atoms with E-state index in [1.165, 1.54) is 12.8 Å². The van der Waals surface area contributed by atoms with Crippen LogP contribution in [0.15, 0.2) is 18.2 Å². The monoisotopic (exact) mass is 249 g/mol. The van der Waals surface area contributed by atoms with E-state index in [4.69, 9.17) is 0 Å². The van der Waals surface area contributed by atoms with Crippen LogP contribution >= 0.6 is 0 Å². The molecule has 0 radical (unpaired) electrons. The lowest BCUT2D eigenvalue weighted by molar-refractivity contribution is -0.384. The number of nitrogens with one attached hydrogen (secondary N) is 2. The zero-order valence-corrected chi connectivity index (χ0v) is 10.6. The minimum absolute atomic E-state index is 0.152. The highest BCUT2D eigenvalue weighted by Crippen LogP contribution is 2.21. The van der Waals surface area contributed by atoms with E-state index in [0.29, 0.717) is 5.92 Å². The number of anilines is 1. The molecule has 1 aliphatic heterocycles. The Morgan fingerprint density at radius 1 is 1.50 bits per heavy atom. The number of non-ortho nitro benzene ring substituents is 1. The molecule has 1 aliphatic rings. The molecule has 0 saturated carbocycles. The van der Waals surface area contributed by atoms with Gasteiger partial charge >= 0.3 is 0 Å². The van der Waals surface area contributed by atoms with Gasteiger partial charge in [0.1, 0.15) is 0 Å². The summed E-state index contributed by atoms with van der Waals surface area (Å²) in [5.74, 6) is 0.610. The van der Waals surface area contributed by atoms with Crippen LogP contribution in [0.3, 0.4) is 0 Å². The summed E-state index contributed by atoms with van der Waals surface area (Å²) in [5, 5.41) is 17.4. The van der Waals surface area contributed by atoms with Gasteiger partial charge in [-0.15, -0.1) is 0 Å². The number of hydrogen-bond acceptors (Lipinski definition) is 4. The number of nitro groups is 1. The van der Waals surface area contributed by atoms with E-state index in [2.05, 4.69) is 10.6 Å². The molecule has 0 amide bonds. The summed E-state index contributed by atoms with van der Waals surface area (Å²) >= 11 is 0. The van der Waals surface area contributed by atoms with Gasteiger partial charge in [-0.25, -0.2) is 0 Å². The van der Waals surface area contributed by atoms with Crippen molar-refractivity contribution >= 4 is 11.4 Å². The average Bonchev–Trinajstić information content (AvgIpc) is 2.37. The van der Waals surface area contributed by atoms with Gasteiger partial charge in [0, 0.05) is 24.4 Å². The number of hydrogen-bond donors (Lipinski definition) is 2. The van der Waals surface area contributed by atoms with Gasteiger partial charge in [0.05, 0.1) is 4.92 Å². The number of nitrogens with zero attached hydrogens (tertiary/aromatic N) is 1. The minimum Gasteiger partial charge on any atom is -0.385 e. The quantitative estimate of drug-likeness (QED) is 0.634. The summed E-state index contributed by atoms with van der Waals surface area (Å²) in [4.78, 5) is 10.4. The van der Waals surface area contributed by atoms with Gasteiger partial charge in [0.15, 0.2) is 0 Å². The van der Waals surface area contributed by atoms with Crippen molar-refractivity contribution < 1.29 is 4.92 Å². The summed E-state index contributed by atoms with van der Waals surface area (Å²) in [5.41, 5.74) is 1.90. The van der Waals surface area contributed by atoms with Crippen molar-refractivity contribution in [2.45, 2.75) is 19.8 Å². The van der Waals surface area contributed by atoms with Crippen LogP contribution in [0.5, 0.6) is 0 Å². The Bertz CT molecular complexity index is 428. The molecule has 0 aromatic heterocycles. The molecule has 2 rings (SSSR count). The van der Waals surface area contributed by atoms with Gasteiger partial charge < -0.3 is 10.6 Å². The third kappa shape index (κ3) is 3.43. The molecule has 5 heteroatoms. The van der Waals surface area contributed by atoms with Gasteiger partial charge in [-0.3, -0.25) is 10.1 Å². The van der Waals surface area contributed by atoms with E-state index in [-0.39, 0.29) is 10.6 Å². The number of aryl methyl sites for hydroxylation is 1. The summed E-state index contributed by atoms with van der Waals surface area (Å²) in [6, 6.07) is 5.14. The minimum atomic E-state index is -0.347. The lowest BCUT2D eigenvalue weighted by Gasteiger charge is -2.23. The molecule has 1 fully saturated rings. The second-order valence-corrected chi connectivity index (χ2v) is 4.91. The molecular formula is C13H19N3O2. The van der Waals surface area contributed by atoms with E-state index in [9.17, 15) is 10.1 Å². The molecule has 5 nitrogen and oxygen atoms in total. The zero-order valence-electron chi connectivity index (χ0n) is 10.6. The van der Waals surface area contributed by atoms with Crippen LogP contribution in [0.25, 0.3) is 0 Å². The van der Waals surface area contributed by atoms with E-state index < -0.39 is 0 Å². The molecule has 1 saturated heterocycles. The van der Waals surface area contributed by atoms with Crippen LogP contribution in [-0.2, 0) is 0 Å². The van der Waals surface area contributed by atoms with Crippen LogP contribution in [-0.4, -0.2) is 24.6 Å². The normalized spacial score (nSPS) is 19.5. The first-order chi connectivity index (χ1) is 8.65. The molecule has 0 aliphatic carbocycles. The van der Waals surface area contributed by atoms with Gasteiger partial charge in [-0.2, -0.15) is 0 Å². The number of nitro benzene ring substituents is 1. The maximum atomic E-state index is 10.8. The summed E-state index contributed by atoms with van der Waals surface area (Å²) in [6.45, 7) is 4.88. The number of benzene rings is 1. The molecule has 18 heavy (non-hydrogen) atoms. The highest BCUT2D eigenvalue weighted by molar-refractivity contribution is 5.53. The van der Waals surface area contributed by atoms with Crippen molar-refractivity contribution in [3.8, 4) is 0 Å². The Hall–Kier alpha value is -1.62. The van der Waals surface area contributed by atoms with Crippen LogP contribution < -0.4 is 10.6 Å². The molecule has 1 aromatic rings. The van der Waals surface area contributed by atoms with Crippen LogP contribution in [0, 0.1) is 23.0 Å². The van der Waals surface area contributed by atoms with Crippen molar-refractivity contribution in [2.24, 2.45) is 5.92 Å². The Morgan fingerprint density at radius 3 is 3.00 bits per heavy atom. The molecule has 0 spiro atoms. The topological polar surface area (TPSA) is 67.2 Å². The molecule has 1 heterocycles. The predicted octanol–water partition coefficient (Wildman–Crippen LogP) is 2.31. The second-order valence-electron chi connectivity index (χ2n) is 4.91. The Balaban J connectivity index is 1.97. The van der Waals surface area contributed by atoms with E-state index in [0.717, 1.165) is 30.9 Å². The third-order valence-electron chi connectivity index (χ3n) is 3.27. The zero-order chi connectivity index (χ0) is 13.0. The predicted molar refractivity (Wildman–Crippen MR) is 71.9 cm³/mol. The maximum absolute atomic E-state index is 10.8. The van der Waals surface area contributed by atoms with Gasteiger partial charge in [-0.1, -0.05) is 0 Å². The third-order valence-corrected chi connectivity index (χ3v) is 3.27. The number of piperidine rings is 1. The molecular weight excluding hydrogens is 230 g/mol. The molecule has 2 N–H and O–H groups in total. The molecule has 1 aromatic carbocycles. The lowest BCUT2D eigenvalue weighted by Crippen LogP contribution is -2.33. The fourth-order valence-corrected chi connectivity index (χ4v) is 2.33.